The SMILES string of the molecule is CCc1c(C(N)=O)c(=O)oc2c(C(C)CC)cc(C=CC(=O)c3ccc(C)cc3)cc12. The predicted octanol–water partition coefficient (Wildman–Crippen LogP) is 5.17. The predicted molar refractivity (Wildman–Crippen MR) is 124 cm³/mol. The summed E-state index contributed by atoms with van der Waals surface area (Å²) in [4.78, 5) is 36.9. The summed E-state index contributed by atoms with van der Waals surface area (Å²) in [7, 11) is 0. The van der Waals surface area contributed by atoms with Crippen molar-refractivity contribution in [2.24, 2.45) is 5.73 Å². The van der Waals surface area contributed by atoms with Gasteiger partial charge in [-0.25, -0.2) is 4.79 Å². The van der Waals surface area contributed by atoms with Crippen molar-refractivity contribution in [1.29, 1.82) is 0 Å². The molecule has 1 unspecified atom stereocenters. The molecule has 1 amide bonds. The summed E-state index contributed by atoms with van der Waals surface area (Å²) in [5.74, 6) is -0.776. The van der Waals surface area contributed by atoms with E-state index in [0.29, 0.717) is 28.5 Å². The number of hydrogen-bond acceptors (Lipinski definition) is 4. The number of benzene rings is 2. The summed E-state index contributed by atoms with van der Waals surface area (Å²) >= 11 is 0. The molecular formula is C26H27NO4. The molecule has 0 aliphatic rings. The molecular weight excluding hydrogens is 390 g/mol. The van der Waals surface area contributed by atoms with Crippen LogP contribution in [0.2, 0.25) is 0 Å². The van der Waals surface area contributed by atoms with Crippen LogP contribution in [0, 0.1) is 6.92 Å². The van der Waals surface area contributed by atoms with Crippen molar-refractivity contribution in [3.05, 3.63) is 86.3 Å². The topological polar surface area (TPSA) is 90.4 Å². The third-order valence-electron chi connectivity index (χ3n) is 5.67. The van der Waals surface area contributed by atoms with Gasteiger partial charge in [0.2, 0.25) is 0 Å². The molecule has 1 aromatic heterocycles. The Labute approximate surface area is 181 Å². The van der Waals surface area contributed by atoms with Crippen molar-refractivity contribution in [3.63, 3.8) is 0 Å². The highest BCUT2D eigenvalue weighted by atomic mass is 16.4. The number of fused-ring (bicyclic) bond motifs is 1. The van der Waals surface area contributed by atoms with E-state index in [-0.39, 0.29) is 17.3 Å². The quantitative estimate of drug-likeness (QED) is 0.326. The van der Waals surface area contributed by atoms with Crippen molar-refractivity contribution in [2.75, 3.05) is 0 Å². The minimum absolute atomic E-state index is 0.0988. The standard InChI is InChI=1S/C26H27NO4/c1-5-16(4)20-13-17(9-12-22(28)18-10-7-15(3)8-11-18)14-21-19(6-2)23(25(27)29)26(30)31-24(20)21/h7-14,16H,5-6H2,1-4H3,(H2,27,29). The van der Waals surface area contributed by atoms with E-state index in [2.05, 4.69) is 6.92 Å². The van der Waals surface area contributed by atoms with Gasteiger partial charge in [0.1, 0.15) is 11.1 Å². The van der Waals surface area contributed by atoms with Gasteiger partial charge >= 0.3 is 5.63 Å². The lowest BCUT2D eigenvalue weighted by Gasteiger charge is -2.15. The van der Waals surface area contributed by atoms with E-state index in [0.717, 1.165) is 23.1 Å². The molecule has 1 heterocycles. The third kappa shape index (κ3) is 4.50. The molecule has 0 saturated heterocycles. The molecule has 0 aliphatic carbocycles. The molecule has 2 N–H and O–H groups in total. The van der Waals surface area contributed by atoms with Crippen molar-refractivity contribution >= 4 is 28.7 Å². The van der Waals surface area contributed by atoms with Crippen molar-refractivity contribution in [2.45, 2.75) is 46.5 Å². The number of allylic oxidation sites excluding steroid dienone is 1. The van der Waals surface area contributed by atoms with Gasteiger partial charge in [-0.2, -0.15) is 0 Å². The molecule has 0 fully saturated rings. The lowest BCUT2D eigenvalue weighted by molar-refractivity contribution is 0.0994. The molecule has 5 nitrogen and oxygen atoms in total. The van der Waals surface area contributed by atoms with E-state index in [9.17, 15) is 14.4 Å². The van der Waals surface area contributed by atoms with Gasteiger partial charge in [0.05, 0.1) is 0 Å². The van der Waals surface area contributed by atoms with E-state index in [4.69, 9.17) is 10.2 Å². The van der Waals surface area contributed by atoms with Crippen molar-refractivity contribution < 1.29 is 14.0 Å². The molecule has 2 aromatic carbocycles. The van der Waals surface area contributed by atoms with Gasteiger partial charge in [0.15, 0.2) is 5.78 Å². The Hall–Kier alpha value is -3.47. The fraction of sp³-hybridized carbons (Fsp3) is 0.269. The molecule has 5 heteroatoms. The summed E-state index contributed by atoms with van der Waals surface area (Å²) in [6.45, 7) is 7.94. The second-order valence-electron chi connectivity index (χ2n) is 7.82. The van der Waals surface area contributed by atoms with E-state index < -0.39 is 11.5 Å². The normalized spacial score (nSPS) is 12.4. The highest BCUT2D eigenvalue weighted by Crippen LogP contribution is 2.32. The summed E-state index contributed by atoms with van der Waals surface area (Å²) in [6, 6.07) is 11.2. The summed E-state index contributed by atoms with van der Waals surface area (Å²) < 4.78 is 5.56. The highest BCUT2D eigenvalue weighted by Gasteiger charge is 2.21. The number of ketones is 1. The minimum atomic E-state index is -0.798. The molecule has 0 spiro atoms. The number of amides is 1. The minimum Gasteiger partial charge on any atom is -0.422 e. The molecule has 0 aliphatic heterocycles. The molecule has 31 heavy (non-hydrogen) atoms. The Morgan fingerprint density at radius 2 is 1.81 bits per heavy atom. The van der Waals surface area contributed by atoms with Crippen LogP contribution >= 0.6 is 0 Å². The Balaban J connectivity index is 2.19. The molecule has 3 aromatic rings. The van der Waals surface area contributed by atoms with Crippen LogP contribution in [0.1, 0.15) is 76.1 Å². The van der Waals surface area contributed by atoms with Gasteiger partial charge in [-0.1, -0.05) is 56.7 Å². The van der Waals surface area contributed by atoms with E-state index in [1.807, 2.05) is 45.0 Å². The third-order valence-corrected chi connectivity index (χ3v) is 5.67. The van der Waals surface area contributed by atoms with Crippen LogP contribution in [-0.2, 0) is 6.42 Å². The summed E-state index contributed by atoms with van der Waals surface area (Å²) in [5.41, 5.74) is 9.05. The number of rotatable bonds is 7. The molecule has 0 saturated carbocycles. The van der Waals surface area contributed by atoms with Crippen LogP contribution in [0.15, 0.2) is 51.7 Å². The van der Waals surface area contributed by atoms with Gasteiger partial charge in [-0.3, -0.25) is 9.59 Å². The first kappa shape index (κ1) is 22.2. The van der Waals surface area contributed by atoms with Crippen LogP contribution in [0.3, 0.4) is 0 Å². The number of aryl methyl sites for hydroxylation is 2. The maximum absolute atomic E-state index is 12.6. The first-order valence-electron chi connectivity index (χ1n) is 10.5. The fourth-order valence-electron chi connectivity index (χ4n) is 3.70. The zero-order chi connectivity index (χ0) is 22.7. The maximum atomic E-state index is 12.6. The zero-order valence-electron chi connectivity index (χ0n) is 18.3. The number of nitrogens with two attached hydrogens (primary N) is 1. The lowest BCUT2D eigenvalue weighted by Crippen LogP contribution is -2.24. The number of hydrogen-bond donors (Lipinski definition) is 1. The Morgan fingerprint density at radius 1 is 1.13 bits per heavy atom. The highest BCUT2D eigenvalue weighted by molar-refractivity contribution is 6.07. The number of carbonyl (C=O) groups excluding carboxylic acids is 2. The average molecular weight is 418 g/mol. The van der Waals surface area contributed by atoms with Gasteiger partial charge in [-0.05, 0) is 60.6 Å². The Morgan fingerprint density at radius 3 is 2.39 bits per heavy atom. The lowest BCUT2D eigenvalue weighted by atomic mass is 9.91. The Kier molecular flexibility index (Phi) is 6.54. The molecule has 160 valence electrons. The van der Waals surface area contributed by atoms with Crippen LogP contribution in [0.5, 0.6) is 0 Å². The van der Waals surface area contributed by atoms with Gasteiger partial charge < -0.3 is 10.2 Å². The second-order valence-corrected chi connectivity index (χ2v) is 7.82. The van der Waals surface area contributed by atoms with Crippen molar-refractivity contribution in [3.8, 4) is 0 Å². The van der Waals surface area contributed by atoms with Gasteiger partial charge in [0.25, 0.3) is 5.91 Å². The van der Waals surface area contributed by atoms with Crippen LogP contribution in [0.25, 0.3) is 17.0 Å². The summed E-state index contributed by atoms with van der Waals surface area (Å²) in [5, 5.41) is 0.677. The monoisotopic (exact) mass is 417 g/mol. The van der Waals surface area contributed by atoms with E-state index in [1.54, 1.807) is 18.2 Å². The number of primary amides is 1. The van der Waals surface area contributed by atoms with Crippen LogP contribution in [0.4, 0.5) is 0 Å². The van der Waals surface area contributed by atoms with E-state index >= 15 is 0 Å². The smallest absolute Gasteiger partial charge is 0.349 e. The second kappa shape index (κ2) is 9.13. The number of carbonyl (C=O) groups is 2. The Bertz CT molecular complexity index is 1230. The summed E-state index contributed by atoms with van der Waals surface area (Å²) in [6.07, 6.45) is 4.58. The maximum Gasteiger partial charge on any atom is 0.349 e. The largest absolute Gasteiger partial charge is 0.422 e. The van der Waals surface area contributed by atoms with Gasteiger partial charge in [-0.15, -0.1) is 0 Å². The zero-order valence-corrected chi connectivity index (χ0v) is 18.3. The molecule has 0 radical (unpaired) electrons. The fourth-order valence-corrected chi connectivity index (χ4v) is 3.70. The van der Waals surface area contributed by atoms with Gasteiger partial charge in [0, 0.05) is 10.9 Å². The van der Waals surface area contributed by atoms with Crippen LogP contribution in [-0.4, -0.2) is 11.7 Å². The first-order valence-corrected chi connectivity index (χ1v) is 10.5. The van der Waals surface area contributed by atoms with Crippen LogP contribution < -0.4 is 11.4 Å². The molecule has 1 atom stereocenters. The first-order chi connectivity index (χ1) is 14.8. The molecule has 3 rings (SSSR count). The molecule has 0 bridgehead atoms. The average Bonchev–Trinajstić information content (AvgIpc) is 2.75. The van der Waals surface area contributed by atoms with Crippen molar-refractivity contribution in [1.82, 2.24) is 0 Å². The van der Waals surface area contributed by atoms with E-state index in [1.165, 1.54) is 6.08 Å².